The third-order valence-electron chi connectivity index (χ3n) is 2.77. The fourth-order valence-corrected chi connectivity index (χ4v) is 1.83. The van der Waals surface area contributed by atoms with E-state index in [1.807, 2.05) is 6.92 Å². The Kier molecular flexibility index (Phi) is 3.62. The average Bonchev–Trinajstić information content (AvgIpc) is 2.80. The van der Waals surface area contributed by atoms with Gasteiger partial charge in [-0.25, -0.2) is 4.39 Å². The number of nitrogen functional groups attached to an aromatic ring is 1. The van der Waals surface area contributed by atoms with Crippen molar-refractivity contribution in [2.75, 3.05) is 5.73 Å². The summed E-state index contributed by atoms with van der Waals surface area (Å²) in [6, 6.07) is 3.97. The lowest BCUT2D eigenvalue weighted by Gasteiger charge is -2.11. The summed E-state index contributed by atoms with van der Waals surface area (Å²) in [6.45, 7) is 2.83. The Labute approximate surface area is 105 Å². The maximum atomic E-state index is 13.2. The van der Waals surface area contributed by atoms with Gasteiger partial charge in [0.1, 0.15) is 11.9 Å². The van der Waals surface area contributed by atoms with Gasteiger partial charge in [-0.05, 0) is 24.6 Å². The van der Waals surface area contributed by atoms with Crippen LogP contribution in [-0.2, 0) is 6.54 Å². The number of nitrogens with zero attached hydrogens (tertiary/aromatic N) is 2. The molecule has 1 unspecified atom stereocenters. The van der Waals surface area contributed by atoms with Crippen LogP contribution in [0.5, 0.6) is 0 Å². The molecule has 1 aromatic heterocycles. The van der Waals surface area contributed by atoms with Crippen LogP contribution in [0.1, 0.15) is 30.6 Å². The number of nitrogens with two attached hydrogens (primary N) is 1. The molecule has 4 nitrogen and oxygen atoms in total. The fourth-order valence-electron chi connectivity index (χ4n) is 1.83. The summed E-state index contributed by atoms with van der Waals surface area (Å²) in [7, 11) is 0. The molecule has 5 heteroatoms. The number of benzene rings is 1. The van der Waals surface area contributed by atoms with Crippen LogP contribution in [0, 0.1) is 5.82 Å². The zero-order chi connectivity index (χ0) is 13.1. The number of hydrogen-bond acceptors (Lipinski definition) is 3. The van der Waals surface area contributed by atoms with E-state index in [1.165, 1.54) is 18.2 Å². The maximum Gasteiger partial charge on any atom is 0.123 e. The predicted octanol–water partition coefficient (Wildman–Crippen LogP) is 2.10. The van der Waals surface area contributed by atoms with Crippen molar-refractivity contribution >= 4 is 5.69 Å². The van der Waals surface area contributed by atoms with Crippen LogP contribution in [0.4, 0.5) is 10.1 Å². The van der Waals surface area contributed by atoms with Gasteiger partial charge in [0.15, 0.2) is 0 Å². The molecule has 0 aliphatic carbocycles. The highest BCUT2D eigenvalue weighted by Gasteiger charge is 2.16. The minimum atomic E-state index is -0.952. The van der Waals surface area contributed by atoms with Gasteiger partial charge in [-0.1, -0.05) is 6.92 Å². The van der Waals surface area contributed by atoms with Crippen LogP contribution in [0.15, 0.2) is 30.6 Å². The van der Waals surface area contributed by atoms with Crippen LogP contribution in [0.2, 0.25) is 0 Å². The smallest absolute Gasteiger partial charge is 0.123 e. The first kappa shape index (κ1) is 12.6. The molecule has 1 atom stereocenters. The molecule has 0 spiro atoms. The highest BCUT2D eigenvalue weighted by molar-refractivity contribution is 5.50. The quantitative estimate of drug-likeness (QED) is 0.815. The van der Waals surface area contributed by atoms with Gasteiger partial charge in [-0.2, -0.15) is 5.10 Å². The van der Waals surface area contributed by atoms with Crippen molar-refractivity contribution in [1.82, 2.24) is 9.78 Å². The van der Waals surface area contributed by atoms with E-state index in [4.69, 9.17) is 5.73 Å². The number of rotatable bonds is 4. The SMILES string of the molecule is CCCn1cc(C(O)c2cc(F)ccc2N)cn1. The molecule has 1 heterocycles. The minimum Gasteiger partial charge on any atom is -0.398 e. The summed E-state index contributed by atoms with van der Waals surface area (Å²) >= 11 is 0. The Bertz CT molecular complexity index is 539. The standard InChI is InChI=1S/C13H16FN3O/c1-2-5-17-8-9(7-16-17)13(18)11-6-10(14)3-4-12(11)15/h3-4,6-8,13,18H,2,5,15H2,1H3. The van der Waals surface area contributed by atoms with E-state index >= 15 is 0 Å². The second kappa shape index (κ2) is 5.18. The Morgan fingerprint density at radius 2 is 2.28 bits per heavy atom. The third kappa shape index (κ3) is 2.51. The molecule has 2 rings (SSSR count). The molecule has 96 valence electrons. The summed E-state index contributed by atoms with van der Waals surface area (Å²) in [5, 5.41) is 14.3. The van der Waals surface area contributed by atoms with E-state index in [9.17, 15) is 9.50 Å². The van der Waals surface area contributed by atoms with Crippen molar-refractivity contribution in [2.45, 2.75) is 26.0 Å². The van der Waals surface area contributed by atoms with Gasteiger partial charge in [-0.15, -0.1) is 0 Å². The Balaban J connectivity index is 2.29. The van der Waals surface area contributed by atoms with Gasteiger partial charge in [0.05, 0.1) is 6.20 Å². The third-order valence-corrected chi connectivity index (χ3v) is 2.77. The summed E-state index contributed by atoms with van der Waals surface area (Å²) in [5.41, 5.74) is 7.09. The normalized spacial score (nSPS) is 12.6. The maximum absolute atomic E-state index is 13.2. The average molecular weight is 249 g/mol. The number of anilines is 1. The van der Waals surface area contributed by atoms with Crippen molar-refractivity contribution < 1.29 is 9.50 Å². The molecule has 0 amide bonds. The topological polar surface area (TPSA) is 64.1 Å². The molecule has 2 aromatic rings. The molecular formula is C13H16FN3O. The van der Waals surface area contributed by atoms with Gasteiger partial charge in [0.25, 0.3) is 0 Å². The molecule has 0 bridgehead atoms. The largest absolute Gasteiger partial charge is 0.398 e. The number of aromatic nitrogens is 2. The number of aliphatic hydroxyl groups excluding tert-OH is 1. The highest BCUT2D eigenvalue weighted by Crippen LogP contribution is 2.27. The van der Waals surface area contributed by atoms with Crippen LogP contribution in [0.25, 0.3) is 0 Å². The number of hydrogen-bond donors (Lipinski definition) is 2. The van der Waals surface area contributed by atoms with E-state index in [0.717, 1.165) is 13.0 Å². The number of aryl methyl sites for hydroxylation is 1. The zero-order valence-corrected chi connectivity index (χ0v) is 10.2. The first-order chi connectivity index (χ1) is 8.61. The molecule has 1 aromatic carbocycles. The Morgan fingerprint density at radius 1 is 1.50 bits per heavy atom. The van der Waals surface area contributed by atoms with Crippen molar-refractivity contribution in [3.63, 3.8) is 0 Å². The predicted molar refractivity (Wildman–Crippen MR) is 67.4 cm³/mol. The van der Waals surface area contributed by atoms with Gasteiger partial charge in [0.2, 0.25) is 0 Å². The molecule has 0 fully saturated rings. The number of aliphatic hydroxyl groups is 1. The lowest BCUT2D eigenvalue weighted by atomic mass is 10.0. The lowest BCUT2D eigenvalue weighted by molar-refractivity contribution is 0.220. The van der Waals surface area contributed by atoms with Gasteiger partial charge in [0, 0.05) is 29.6 Å². The first-order valence-corrected chi connectivity index (χ1v) is 5.87. The molecule has 0 aliphatic rings. The highest BCUT2D eigenvalue weighted by atomic mass is 19.1. The molecule has 0 aliphatic heterocycles. The molecule has 0 saturated carbocycles. The monoisotopic (exact) mass is 249 g/mol. The van der Waals surface area contributed by atoms with Crippen molar-refractivity contribution in [1.29, 1.82) is 0 Å². The summed E-state index contributed by atoms with van der Waals surface area (Å²) in [6.07, 6.45) is 3.33. The van der Waals surface area contributed by atoms with Crippen LogP contribution in [-0.4, -0.2) is 14.9 Å². The Morgan fingerprint density at radius 3 is 3.00 bits per heavy atom. The van der Waals surface area contributed by atoms with Gasteiger partial charge >= 0.3 is 0 Å². The molecule has 0 saturated heterocycles. The molecular weight excluding hydrogens is 233 g/mol. The Hall–Kier alpha value is -1.88. The van der Waals surface area contributed by atoms with Crippen molar-refractivity contribution in [2.24, 2.45) is 0 Å². The second-order valence-corrected chi connectivity index (χ2v) is 4.21. The lowest BCUT2D eigenvalue weighted by Crippen LogP contribution is -2.04. The van der Waals surface area contributed by atoms with E-state index in [-0.39, 0.29) is 0 Å². The van der Waals surface area contributed by atoms with E-state index in [0.29, 0.717) is 16.8 Å². The second-order valence-electron chi connectivity index (χ2n) is 4.21. The molecule has 0 radical (unpaired) electrons. The minimum absolute atomic E-state index is 0.367. The molecule has 18 heavy (non-hydrogen) atoms. The summed E-state index contributed by atoms with van der Waals surface area (Å²) < 4.78 is 14.9. The van der Waals surface area contributed by atoms with E-state index in [1.54, 1.807) is 17.1 Å². The first-order valence-electron chi connectivity index (χ1n) is 5.87. The van der Waals surface area contributed by atoms with Crippen LogP contribution >= 0.6 is 0 Å². The molecule has 3 N–H and O–H groups in total. The van der Waals surface area contributed by atoms with Gasteiger partial charge < -0.3 is 10.8 Å². The van der Waals surface area contributed by atoms with Gasteiger partial charge in [-0.3, -0.25) is 4.68 Å². The van der Waals surface area contributed by atoms with Crippen molar-refractivity contribution in [3.05, 3.63) is 47.5 Å². The zero-order valence-electron chi connectivity index (χ0n) is 10.2. The fraction of sp³-hybridized carbons (Fsp3) is 0.308. The van der Waals surface area contributed by atoms with Crippen molar-refractivity contribution in [3.8, 4) is 0 Å². The number of halogens is 1. The van der Waals surface area contributed by atoms with E-state index < -0.39 is 11.9 Å². The van der Waals surface area contributed by atoms with Crippen LogP contribution in [0.3, 0.4) is 0 Å². The summed E-state index contributed by atoms with van der Waals surface area (Å²) in [5.74, 6) is -0.417. The van der Waals surface area contributed by atoms with Crippen LogP contribution < -0.4 is 5.73 Å². The summed E-state index contributed by atoms with van der Waals surface area (Å²) in [4.78, 5) is 0. The van der Waals surface area contributed by atoms with E-state index in [2.05, 4.69) is 5.10 Å².